The summed E-state index contributed by atoms with van der Waals surface area (Å²) in [5, 5.41) is 24.1. The number of esters is 4. The van der Waals surface area contributed by atoms with Gasteiger partial charge in [-0.1, -0.05) is 152 Å². The largest absolute Gasteiger partial charge is 0.462 e. The number of aliphatic hydroxyl groups excluding tert-OH is 1. The Morgan fingerprint density at radius 2 is 1.16 bits per heavy atom. The number of alkyl halides is 1. The topological polar surface area (TPSA) is 183 Å². The van der Waals surface area contributed by atoms with Crippen LogP contribution in [0.1, 0.15) is 227 Å². The van der Waals surface area contributed by atoms with Gasteiger partial charge in [0.25, 0.3) is 0 Å². The fourth-order valence-corrected chi connectivity index (χ4v) is 13.3. The number of hydrogen-bond acceptors (Lipinski definition) is 13. The Hall–Kier alpha value is -4.53. The number of nitrogens with zero attached hydrogens (tertiary/aromatic N) is 1. The minimum atomic E-state index is -2.14. The Labute approximate surface area is 492 Å². The molecule has 0 heterocycles. The van der Waals surface area contributed by atoms with Crippen molar-refractivity contribution in [3.63, 3.8) is 0 Å². The lowest BCUT2D eigenvalue weighted by Gasteiger charge is -2.62. The number of unbranched alkanes of at least 4 members (excludes halogenated alkanes) is 16. The fourth-order valence-electron chi connectivity index (χ4n) is 13.3. The van der Waals surface area contributed by atoms with Gasteiger partial charge in [0, 0.05) is 36.1 Å². The first kappa shape index (κ1) is 70.0. The number of Topliss-reactive ketones (excluding diaryl/α,β-unsaturated/α-hetero) is 1. The molecule has 0 saturated heterocycles. The maximum Gasteiger partial charge on any atom is 0.306 e. The van der Waals surface area contributed by atoms with Crippen molar-refractivity contribution in [2.24, 2.45) is 28.6 Å². The highest BCUT2D eigenvalue weighted by atomic mass is 19.1. The van der Waals surface area contributed by atoms with E-state index < -0.39 is 114 Å². The molecule has 0 bridgehead atoms. The number of ketones is 2. The van der Waals surface area contributed by atoms with E-state index in [1.165, 1.54) is 50.7 Å². The molecule has 4 aliphatic carbocycles. The van der Waals surface area contributed by atoms with Crippen LogP contribution >= 0.6 is 0 Å². The number of rotatable bonds is 41. The number of allylic oxidation sites excluding steroid dienone is 12. The van der Waals surface area contributed by atoms with Crippen molar-refractivity contribution in [2.75, 3.05) is 33.9 Å². The van der Waals surface area contributed by atoms with E-state index in [1.54, 1.807) is 45.8 Å². The number of hydrogen-bond donors (Lipinski definition) is 2. The van der Waals surface area contributed by atoms with Gasteiger partial charge in [-0.3, -0.25) is 28.8 Å². The van der Waals surface area contributed by atoms with E-state index in [0.29, 0.717) is 37.7 Å². The van der Waals surface area contributed by atoms with E-state index in [9.17, 15) is 39.0 Å². The predicted molar refractivity (Wildman–Crippen MR) is 321 cm³/mol. The smallest absolute Gasteiger partial charge is 0.306 e. The van der Waals surface area contributed by atoms with Crippen LogP contribution < -0.4 is 0 Å². The van der Waals surface area contributed by atoms with E-state index in [4.69, 9.17) is 18.9 Å². The van der Waals surface area contributed by atoms with Gasteiger partial charge in [-0.15, -0.1) is 0 Å². The summed E-state index contributed by atoms with van der Waals surface area (Å²) < 4.78 is 40.5. The Bertz CT molecular complexity index is 2200. The van der Waals surface area contributed by atoms with Crippen LogP contribution in [0, 0.1) is 28.6 Å². The zero-order valence-corrected chi connectivity index (χ0v) is 51.5. The van der Waals surface area contributed by atoms with E-state index >= 15 is 4.39 Å². The molecule has 0 aromatic carbocycles. The summed E-state index contributed by atoms with van der Waals surface area (Å²) in [6.07, 6.45) is 41.8. The second-order valence-electron chi connectivity index (χ2n) is 24.7. The zero-order chi connectivity index (χ0) is 60.0. The van der Waals surface area contributed by atoms with Crippen molar-refractivity contribution in [3.05, 3.63) is 72.4 Å². The van der Waals surface area contributed by atoms with Crippen molar-refractivity contribution in [1.82, 2.24) is 4.90 Å². The van der Waals surface area contributed by atoms with Crippen molar-refractivity contribution < 1.29 is 62.3 Å². The van der Waals surface area contributed by atoms with Gasteiger partial charge in [-0.05, 0) is 148 Å². The van der Waals surface area contributed by atoms with Gasteiger partial charge in [0.15, 0.2) is 30.3 Å². The van der Waals surface area contributed by atoms with Gasteiger partial charge < -0.3 is 34.1 Å². The fraction of sp³-hybridized carbons (Fsp3) is 0.735. The molecule has 0 aromatic heterocycles. The van der Waals surface area contributed by atoms with Crippen LogP contribution in [0.15, 0.2) is 72.4 Å². The van der Waals surface area contributed by atoms with Gasteiger partial charge in [0.2, 0.25) is 5.78 Å². The minimum absolute atomic E-state index is 0.137. The first-order valence-corrected chi connectivity index (χ1v) is 31.8. The molecule has 4 aliphatic rings. The monoisotopic (exact) mass is 1150 g/mol. The molecule has 0 aromatic rings. The van der Waals surface area contributed by atoms with Gasteiger partial charge >= 0.3 is 23.9 Å². The predicted octanol–water partition coefficient (Wildman–Crippen LogP) is 13.8. The van der Waals surface area contributed by atoms with E-state index in [1.807, 2.05) is 0 Å². The maximum atomic E-state index is 17.7. The Morgan fingerprint density at radius 1 is 0.671 bits per heavy atom. The van der Waals surface area contributed by atoms with Crippen LogP contribution in [0.5, 0.6) is 0 Å². The molecule has 0 radical (unpaired) electrons. The third-order valence-electron chi connectivity index (χ3n) is 18.1. The zero-order valence-electron chi connectivity index (χ0n) is 51.5. The molecule has 0 unspecified atom stereocenters. The molecule has 3 fully saturated rings. The summed E-state index contributed by atoms with van der Waals surface area (Å²) in [6, 6.07) is 0. The van der Waals surface area contributed by atoms with Crippen LogP contribution in [0.4, 0.5) is 4.39 Å². The molecule has 0 amide bonds. The highest BCUT2D eigenvalue weighted by Crippen LogP contribution is 2.70. The van der Waals surface area contributed by atoms with Crippen LogP contribution in [0.3, 0.4) is 0 Å². The summed E-state index contributed by atoms with van der Waals surface area (Å²) in [5.74, 6) is -5.51. The number of carbonyl (C=O) groups is 6. The lowest BCUT2D eigenvalue weighted by molar-refractivity contribution is -0.220. The molecule has 3 saturated carbocycles. The van der Waals surface area contributed by atoms with Gasteiger partial charge in [-0.2, -0.15) is 0 Å². The Balaban J connectivity index is 1.28. The second-order valence-corrected chi connectivity index (χ2v) is 24.7. The lowest BCUT2D eigenvalue weighted by atomic mass is 9.44. The van der Waals surface area contributed by atoms with Crippen molar-refractivity contribution in [3.8, 4) is 0 Å². The Morgan fingerprint density at radius 3 is 1.68 bits per heavy atom. The highest BCUT2D eigenvalue weighted by Gasteiger charge is 2.75. The standard InChI is InChI=1S/C68H106FNO12/c1-8-10-12-14-16-18-20-22-24-26-28-30-32-34-36-38-63(76)81-57(49-70(6)7)58(82-64(77)39-37-35-33-31-29-27-25-23-21-19-17-15-13-11-9-2)50-79-61(74)42-43-62(75)80-51-60(73)68(78)52(3)46-56-55-41-40-53-47-54(71)44-45-65(53,4)67(55,69)59(72)48-66(56,68)5/h16-19,22-25,44-45,47,52,55-59,72,78H,8-15,20-21,26-43,46,48-51H2,1-7H3/b18-16-,19-17-,24-22-,25-23-/t52-,55+,56+,57+,58+,59+,65+,66+,67+,68+/m1/s1. The SMILES string of the molecule is CCCCC/C=C\C/C=C\CCCCCCCC(=O)O[C@@H](COC(=O)CCC(=O)OCC(=O)[C@@]1(O)[C@H](C)C[C@H]2[C@@H]3CCC4=CC(=O)C=C[C@]4(C)[C@@]3(F)[C@@H](O)C[C@@]21C)[C@H](CN(C)C)OC(=O)CCCCCCC/C=C\C/C=C\CCCCC. The quantitative estimate of drug-likeness (QED) is 0.0255. The van der Waals surface area contributed by atoms with Crippen LogP contribution in [-0.4, -0.2) is 114 Å². The van der Waals surface area contributed by atoms with Crippen LogP contribution in [0.25, 0.3) is 0 Å². The molecule has 82 heavy (non-hydrogen) atoms. The first-order valence-electron chi connectivity index (χ1n) is 31.8. The molecule has 14 heteroatoms. The molecular weight excluding hydrogens is 1040 g/mol. The average Bonchev–Trinajstić information content (AvgIpc) is 1.36. The summed E-state index contributed by atoms with van der Waals surface area (Å²) in [6.45, 7) is 8.51. The molecule has 10 atom stereocenters. The number of aliphatic hydroxyl groups is 2. The number of likely N-dealkylation sites (N-methyl/N-ethyl adjacent to an activating group) is 1. The summed E-state index contributed by atoms with van der Waals surface area (Å²) in [4.78, 5) is 81.2. The second kappa shape index (κ2) is 36.3. The number of ether oxygens (including phenoxy) is 4. The van der Waals surface area contributed by atoms with Gasteiger partial charge in [0.1, 0.15) is 12.2 Å². The summed E-state index contributed by atoms with van der Waals surface area (Å²) >= 11 is 0. The summed E-state index contributed by atoms with van der Waals surface area (Å²) in [5.41, 5.74) is -6.05. The van der Waals surface area contributed by atoms with Crippen LogP contribution in [0.2, 0.25) is 0 Å². The normalized spacial score (nSPS) is 26.7. The van der Waals surface area contributed by atoms with E-state index in [2.05, 4.69) is 62.5 Å². The van der Waals surface area contributed by atoms with Crippen molar-refractivity contribution in [2.45, 2.75) is 257 Å². The molecule has 0 spiro atoms. The third kappa shape index (κ3) is 20.6. The summed E-state index contributed by atoms with van der Waals surface area (Å²) in [7, 11) is 3.59. The minimum Gasteiger partial charge on any atom is -0.462 e. The van der Waals surface area contributed by atoms with Crippen molar-refractivity contribution in [1.29, 1.82) is 0 Å². The highest BCUT2D eigenvalue weighted by molar-refractivity contribution is 6.01. The maximum absolute atomic E-state index is 17.7. The molecule has 13 nitrogen and oxygen atoms in total. The van der Waals surface area contributed by atoms with Crippen LogP contribution in [-0.2, 0) is 47.7 Å². The molecule has 2 N–H and O–H groups in total. The van der Waals surface area contributed by atoms with Gasteiger partial charge in [0.05, 0.1) is 18.9 Å². The van der Waals surface area contributed by atoms with E-state index in [0.717, 1.165) is 89.9 Å². The molecule has 4 rings (SSSR count). The molecule has 462 valence electrons. The third-order valence-corrected chi connectivity index (χ3v) is 18.1. The number of halogens is 1. The average molecular weight is 1150 g/mol. The number of carbonyl (C=O) groups excluding carboxylic acids is 6. The molecular formula is C68H106FNO12. The number of fused-ring (bicyclic) bond motifs is 5. The molecule has 0 aliphatic heterocycles. The lowest BCUT2D eigenvalue weighted by Crippen LogP contribution is -2.69. The van der Waals surface area contributed by atoms with E-state index in [-0.39, 0.29) is 31.6 Å². The Kier molecular flexibility index (Phi) is 31.0. The van der Waals surface area contributed by atoms with Gasteiger partial charge in [-0.25, -0.2) is 4.39 Å². The van der Waals surface area contributed by atoms with Crippen molar-refractivity contribution >= 4 is 35.4 Å². The first-order chi connectivity index (χ1) is 39.3.